The van der Waals surface area contributed by atoms with E-state index in [0.717, 1.165) is 23.7 Å². The van der Waals surface area contributed by atoms with E-state index >= 15 is 4.57 Å². The van der Waals surface area contributed by atoms with Crippen LogP contribution in [0.5, 0.6) is 0 Å². The smallest absolute Gasteiger partial charge is 0.264 e. The van der Waals surface area contributed by atoms with E-state index in [9.17, 15) is 4.79 Å². The molecule has 0 bridgehead atoms. The molecule has 1 aliphatic carbocycles. The number of aryl methyl sites for hydroxylation is 1. The molecule has 1 fully saturated rings. The lowest BCUT2D eigenvalue weighted by Gasteiger charge is -2.39. The van der Waals surface area contributed by atoms with Crippen molar-refractivity contribution in [1.29, 1.82) is 0 Å². The van der Waals surface area contributed by atoms with E-state index < -0.39 is 7.37 Å². The van der Waals surface area contributed by atoms with Crippen LogP contribution in [0, 0.1) is 17.8 Å². The summed E-state index contributed by atoms with van der Waals surface area (Å²) in [6, 6.07) is 17.3. The molecule has 0 N–H and O–H groups in total. The first-order chi connectivity index (χ1) is 15.2. The van der Waals surface area contributed by atoms with Crippen LogP contribution in [0.3, 0.4) is 0 Å². The molecule has 170 valence electrons. The predicted molar refractivity (Wildman–Crippen MR) is 132 cm³/mol. The monoisotopic (exact) mass is 451 g/mol. The number of hydrogen-bond donors (Lipinski definition) is 0. The van der Waals surface area contributed by atoms with Crippen molar-refractivity contribution in [3.05, 3.63) is 60.3 Å². The quantitative estimate of drug-likeness (QED) is 0.337. The Balaban J connectivity index is 1.97. The summed E-state index contributed by atoms with van der Waals surface area (Å²) in [6.45, 7) is 8.25. The summed E-state index contributed by atoms with van der Waals surface area (Å²) >= 11 is 0. The summed E-state index contributed by atoms with van der Waals surface area (Å²) in [5, 5.41) is 2.03. The predicted octanol–water partition coefficient (Wildman–Crippen LogP) is 6.09. The summed E-state index contributed by atoms with van der Waals surface area (Å²) in [7, 11) is -1.68. The Morgan fingerprint density at radius 2 is 1.72 bits per heavy atom. The molecule has 1 aliphatic rings. The Morgan fingerprint density at radius 3 is 2.38 bits per heavy atom. The molecule has 4 atom stereocenters. The van der Waals surface area contributed by atoms with Crippen LogP contribution < -0.4 is 10.6 Å². The second-order valence-corrected chi connectivity index (χ2v) is 12.0. The van der Waals surface area contributed by atoms with Gasteiger partial charge in [-0.1, -0.05) is 63.6 Å². The third-order valence-electron chi connectivity index (χ3n) is 7.05. The van der Waals surface area contributed by atoms with Crippen LogP contribution in [0.25, 0.3) is 10.9 Å². The molecular formula is C27H34NO3P. The summed E-state index contributed by atoms with van der Waals surface area (Å²) in [6.07, 6.45) is 3.03. The molecule has 32 heavy (non-hydrogen) atoms. The Hall–Kier alpha value is -2.16. The van der Waals surface area contributed by atoms with Gasteiger partial charge in [-0.15, -0.1) is 0 Å². The van der Waals surface area contributed by atoms with Crippen molar-refractivity contribution >= 4 is 34.7 Å². The molecular weight excluding hydrogens is 417 g/mol. The molecule has 5 heteroatoms. The molecule has 1 unspecified atom stereocenters. The fraction of sp³-hybridized carbons (Fsp3) is 0.444. The average molecular weight is 452 g/mol. The number of carbonyl (C=O) groups is 1. The molecule has 0 radical (unpaired) electrons. The van der Waals surface area contributed by atoms with E-state index in [0.29, 0.717) is 34.1 Å². The molecule has 4 rings (SSSR count). The van der Waals surface area contributed by atoms with Gasteiger partial charge in [-0.05, 0) is 48.8 Å². The first-order valence-electron chi connectivity index (χ1n) is 11.7. The number of fused-ring (bicyclic) bond motifs is 1. The highest BCUT2D eigenvalue weighted by Gasteiger charge is 2.42. The van der Waals surface area contributed by atoms with Crippen molar-refractivity contribution in [1.82, 2.24) is 4.57 Å². The average Bonchev–Trinajstić information content (AvgIpc) is 3.07. The number of nitrogens with zero attached hydrogens (tertiary/aromatic N) is 1. The van der Waals surface area contributed by atoms with Gasteiger partial charge in [0.25, 0.3) is 7.37 Å². The number of aromatic nitrogens is 1. The topological polar surface area (TPSA) is 48.3 Å². The summed E-state index contributed by atoms with van der Waals surface area (Å²) < 4.78 is 23.8. The minimum atomic E-state index is -3.55. The van der Waals surface area contributed by atoms with Crippen molar-refractivity contribution < 1.29 is 13.9 Å². The fourth-order valence-corrected chi connectivity index (χ4v) is 8.13. The molecule has 3 aromatic rings. The van der Waals surface area contributed by atoms with Crippen molar-refractivity contribution in [2.45, 2.75) is 53.1 Å². The second-order valence-electron chi connectivity index (χ2n) is 9.69. The van der Waals surface area contributed by atoms with E-state index in [-0.39, 0.29) is 11.9 Å². The highest BCUT2D eigenvalue weighted by Crippen LogP contribution is 2.52. The Bertz CT molecular complexity index is 1160. The molecule has 1 heterocycles. The van der Waals surface area contributed by atoms with Crippen LogP contribution in [-0.4, -0.2) is 16.5 Å². The van der Waals surface area contributed by atoms with Gasteiger partial charge in [-0.3, -0.25) is 9.36 Å². The van der Waals surface area contributed by atoms with Crippen LogP contribution in [0.15, 0.2) is 54.6 Å². The van der Waals surface area contributed by atoms with Crippen LogP contribution in [-0.2, 0) is 16.1 Å². The summed E-state index contributed by atoms with van der Waals surface area (Å²) in [5.41, 5.74) is 1.37. The zero-order valence-electron chi connectivity index (χ0n) is 19.7. The number of para-hydroxylation sites is 1. The van der Waals surface area contributed by atoms with Crippen molar-refractivity contribution in [3.63, 3.8) is 0 Å². The van der Waals surface area contributed by atoms with Gasteiger partial charge in [0.05, 0.1) is 17.1 Å². The first-order valence-corrected chi connectivity index (χ1v) is 13.3. The van der Waals surface area contributed by atoms with E-state index in [1.54, 1.807) is 6.92 Å². The SMILES string of the molecule is CC(=O)c1c(P(=O)(O[C@H]2C[C@@H](C)CC[C@@H]2C(C)C)c2ccccc2)c2ccccc2n1C. The maximum absolute atomic E-state index is 15.1. The second kappa shape index (κ2) is 9.00. The number of rotatable bonds is 6. The minimum Gasteiger partial charge on any atom is -0.341 e. The van der Waals surface area contributed by atoms with Crippen molar-refractivity contribution in [2.24, 2.45) is 24.8 Å². The van der Waals surface area contributed by atoms with Gasteiger partial charge in [0, 0.05) is 30.2 Å². The van der Waals surface area contributed by atoms with Gasteiger partial charge >= 0.3 is 0 Å². The third-order valence-corrected chi connectivity index (χ3v) is 9.64. The molecule has 0 amide bonds. The zero-order chi connectivity index (χ0) is 23.0. The molecule has 2 aromatic carbocycles. The highest BCUT2D eigenvalue weighted by molar-refractivity contribution is 7.75. The van der Waals surface area contributed by atoms with Crippen LogP contribution in [0.2, 0.25) is 0 Å². The molecule has 4 nitrogen and oxygen atoms in total. The Kier molecular flexibility index (Phi) is 6.47. The molecule has 0 aliphatic heterocycles. The van der Waals surface area contributed by atoms with E-state index in [1.807, 2.05) is 66.2 Å². The summed E-state index contributed by atoms with van der Waals surface area (Å²) in [4.78, 5) is 12.9. The van der Waals surface area contributed by atoms with Gasteiger partial charge in [-0.25, -0.2) is 0 Å². The van der Waals surface area contributed by atoms with Crippen LogP contribution in [0.1, 0.15) is 57.4 Å². The molecule has 0 saturated heterocycles. The van der Waals surface area contributed by atoms with Gasteiger partial charge in [0.15, 0.2) is 5.78 Å². The van der Waals surface area contributed by atoms with Gasteiger partial charge < -0.3 is 9.09 Å². The summed E-state index contributed by atoms with van der Waals surface area (Å²) in [5.74, 6) is 1.21. The maximum atomic E-state index is 15.1. The number of hydrogen-bond acceptors (Lipinski definition) is 3. The van der Waals surface area contributed by atoms with Crippen molar-refractivity contribution in [3.8, 4) is 0 Å². The Morgan fingerprint density at radius 1 is 1.06 bits per heavy atom. The first kappa shape index (κ1) is 23.0. The highest BCUT2D eigenvalue weighted by atomic mass is 31.2. The lowest BCUT2D eigenvalue weighted by molar-refractivity contribution is 0.0514. The van der Waals surface area contributed by atoms with Crippen LogP contribution in [0.4, 0.5) is 0 Å². The van der Waals surface area contributed by atoms with Crippen LogP contribution >= 0.6 is 7.37 Å². The van der Waals surface area contributed by atoms with Gasteiger partial charge in [-0.2, -0.15) is 0 Å². The van der Waals surface area contributed by atoms with Gasteiger partial charge in [0.1, 0.15) is 0 Å². The zero-order valence-corrected chi connectivity index (χ0v) is 20.6. The third kappa shape index (κ3) is 4.00. The lowest BCUT2D eigenvalue weighted by Crippen LogP contribution is -2.36. The largest absolute Gasteiger partial charge is 0.341 e. The maximum Gasteiger partial charge on any atom is 0.264 e. The minimum absolute atomic E-state index is 0.101. The number of ketones is 1. The standard InChI is InChI=1S/C27H34NO3P/c1-18(2)22-16-15-19(3)17-25(22)31-32(30,21-11-7-6-8-12-21)27-23-13-9-10-14-24(23)28(5)26(27)20(4)29/h6-14,18-19,22,25H,15-17H2,1-5H3/t19-,22+,25-,32?/m0/s1. The van der Waals surface area contributed by atoms with Crippen molar-refractivity contribution in [2.75, 3.05) is 0 Å². The van der Waals surface area contributed by atoms with E-state index in [2.05, 4.69) is 20.8 Å². The van der Waals surface area contributed by atoms with E-state index in [4.69, 9.17) is 4.52 Å². The lowest BCUT2D eigenvalue weighted by atomic mass is 9.75. The molecule has 1 aromatic heterocycles. The fourth-order valence-electron chi connectivity index (χ4n) is 5.37. The number of Topliss-reactive ketones (excluding diaryl/α,β-unsaturated/α-hetero) is 1. The number of benzene rings is 2. The number of carbonyl (C=O) groups excluding carboxylic acids is 1. The molecule has 0 spiro atoms. The van der Waals surface area contributed by atoms with E-state index in [1.165, 1.54) is 6.42 Å². The Labute approximate surface area is 191 Å². The normalized spacial score (nSPS) is 23.4. The van der Waals surface area contributed by atoms with Gasteiger partial charge in [0.2, 0.25) is 0 Å². The molecule has 1 saturated carbocycles.